The average molecular weight is 524 g/mol. The lowest BCUT2D eigenvalue weighted by Crippen LogP contribution is -2.76. The van der Waals surface area contributed by atoms with E-state index in [-0.39, 0.29) is 17.6 Å². The molecular weight excluding hydrogens is 482 g/mol. The molecule has 4 aliphatic rings. The van der Waals surface area contributed by atoms with Crippen molar-refractivity contribution in [2.75, 3.05) is 13.1 Å². The number of hydrogen-bond donors (Lipinski definition) is 2. The zero-order chi connectivity index (χ0) is 27.0. The van der Waals surface area contributed by atoms with Crippen molar-refractivity contribution in [3.63, 3.8) is 0 Å². The zero-order valence-corrected chi connectivity index (χ0v) is 23.4. The highest BCUT2D eigenvalue weighted by molar-refractivity contribution is 5.89. The van der Waals surface area contributed by atoms with Crippen molar-refractivity contribution in [3.05, 3.63) is 102 Å². The molecule has 5 nitrogen and oxygen atoms in total. The summed E-state index contributed by atoms with van der Waals surface area (Å²) in [4.78, 5) is 16.8. The lowest BCUT2D eigenvalue weighted by molar-refractivity contribution is -0.138. The Balaban J connectivity index is 1.28. The van der Waals surface area contributed by atoms with Gasteiger partial charge in [0.1, 0.15) is 16.9 Å². The van der Waals surface area contributed by atoms with Gasteiger partial charge in [-0.15, -0.1) is 0 Å². The number of fused-ring (bicyclic) bond motifs is 1. The van der Waals surface area contributed by atoms with Crippen LogP contribution in [0.1, 0.15) is 43.9 Å². The molecule has 3 aromatic carbocycles. The van der Waals surface area contributed by atoms with Crippen LogP contribution in [0.2, 0.25) is 0 Å². The second-order valence-electron chi connectivity index (χ2n) is 12.7. The van der Waals surface area contributed by atoms with Gasteiger partial charge < -0.3 is 15.4 Å². The first kappa shape index (κ1) is 26.1. The Hall–Kier alpha value is -3.15. The summed E-state index contributed by atoms with van der Waals surface area (Å²) >= 11 is 0. The highest BCUT2D eigenvalue weighted by atomic mass is 16.5. The summed E-state index contributed by atoms with van der Waals surface area (Å²) in [5.41, 5.74) is 2.98. The SMILES string of the molecule is CC(C)(C)Oc1ccc(CN2CC3C[C@H]4CN[C@]3(C(=O)NCc3ccccc3)[C@@H]2[C@@H]4Cc2ccccc2)cc1. The van der Waals surface area contributed by atoms with Crippen LogP contribution in [-0.4, -0.2) is 41.1 Å². The van der Waals surface area contributed by atoms with Gasteiger partial charge in [-0.2, -0.15) is 0 Å². The molecule has 3 aliphatic heterocycles. The van der Waals surface area contributed by atoms with Crippen LogP contribution in [0.25, 0.3) is 0 Å². The van der Waals surface area contributed by atoms with Crippen LogP contribution in [0, 0.1) is 17.8 Å². The Morgan fingerprint density at radius 1 is 0.949 bits per heavy atom. The number of benzene rings is 3. The molecular formula is C34H41N3O2. The predicted octanol–water partition coefficient (Wildman–Crippen LogP) is 5.20. The number of ether oxygens (including phenoxy) is 1. The first-order valence-corrected chi connectivity index (χ1v) is 14.4. The van der Waals surface area contributed by atoms with E-state index < -0.39 is 5.54 Å². The van der Waals surface area contributed by atoms with Gasteiger partial charge in [-0.25, -0.2) is 0 Å². The predicted molar refractivity (Wildman–Crippen MR) is 155 cm³/mol. The van der Waals surface area contributed by atoms with E-state index in [1.807, 2.05) is 18.2 Å². The minimum atomic E-state index is -0.557. The first-order chi connectivity index (χ1) is 18.8. The van der Waals surface area contributed by atoms with E-state index in [0.29, 0.717) is 24.3 Å². The summed E-state index contributed by atoms with van der Waals surface area (Å²) in [6.45, 7) is 9.47. The van der Waals surface area contributed by atoms with E-state index in [4.69, 9.17) is 4.74 Å². The Kier molecular flexibility index (Phi) is 6.98. The van der Waals surface area contributed by atoms with E-state index >= 15 is 0 Å². The van der Waals surface area contributed by atoms with Crippen molar-refractivity contribution in [1.82, 2.24) is 15.5 Å². The number of nitrogens with one attached hydrogen (secondary N) is 2. The molecule has 204 valence electrons. The number of hydrogen-bond acceptors (Lipinski definition) is 4. The zero-order valence-electron chi connectivity index (χ0n) is 23.4. The summed E-state index contributed by atoms with van der Waals surface area (Å²) in [6, 6.07) is 29.7. The van der Waals surface area contributed by atoms with E-state index in [9.17, 15) is 4.79 Å². The molecule has 0 spiro atoms. The molecule has 2 N–H and O–H groups in total. The third-order valence-corrected chi connectivity index (χ3v) is 8.93. The molecule has 0 aromatic heterocycles. The topological polar surface area (TPSA) is 53.6 Å². The molecule has 3 saturated heterocycles. The summed E-state index contributed by atoms with van der Waals surface area (Å²) in [5, 5.41) is 7.16. The molecule has 1 unspecified atom stereocenters. The highest BCUT2D eigenvalue weighted by Crippen LogP contribution is 2.53. The van der Waals surface area contributed by atoms with Gasteiger partial charge in [0.25, 0.3) is 0 Å². The number of piperidine rings is 2. The van der Waals surface area contributed by atoms with Crippen molar-refractivity contribution in [2.24, 2.45) is 17.8 Å². The number of carbonyl (C=O) groups is 1. The molecule has 3 aromatic rings. The standard InChI is InChI=1S/C34H41N3O2/c1-33(2,3)39-29-16-14-26(15-17-29)22-37-23-28-19-27-21-36-34(28,32(38)35-20-25-12-8-5-9-13-25)31(37)30(27)18-24-10-6-4-7-11-24/h4-17,27-28,30-31,36H,18-23H2,1-3H3,(H,35,38)/t27-,28?,30+,31-,34-/m0/s1. The van der Waals surface area contributed by atoms with E-state index in [1.165, 1.54) is 11.1 Å². The number of rotatable bonds is 8. The van der Waals surface area contributed by atoms with Crippen LogP contribution < -0.4 is 15.4 Å². The third kappa shape index (κ3) is 5.22. The Morgan fingerprint density at radius 2 is 1.62 bits per heavy atom. The fourth-order valence-electron chi connectivity index (χ4n) is 7.42. The smallest absolute Gasteiger partial charge is 0.242 e. The molecule has 1 saturated carbocycles. The molecule has 5 heteroatoms. The maximum Gasteiger partial charge on any atom is 0.242 e. The maximum atomic E-state index is 14.2. The Bertz CT molecular complexity index is 1270. The fraction of sp³-hybridized carbons (Fsp3) is 0.441. The summed E-state index contributed by atoms with van der Waals surface area (Å²) < 4.78 is 6.05. The van der Waals surface area contributed by atoms with Crippen molar-refractivity contribution in [2.45, 2.75) is 63.9 Å². The van der Waals surface area contributed by atoms with Gasteiger partial charge in [0.2, 0.25) is 5.91 Å². The fourth-order valence-corrected chi connectivity index (χ4v) is 7.42. The molecule has 1 amide bonds. The van der Waals surface area contributed by atoms with Crippen molar-refractivity contribution in [3.8, 4) is 5.75 Å². The number of amides is 1. The van der Waals surface area contributed by atoms with Crippen molar-refractivity contribution in [1.29, 1.82) is 0 Å². The summed E-state index contributed by atoms with van der Waals surface area (Å²) in [6.07, 6.45) is 2.11. The summed E-state index contributed by atoms with van der Waals surface area (Å²) in [7, 11) is 0. The maximum absolute atomic E-state index is 14.2. The Labute approximate surface area is 233 Å². The van der Waals surface area contributed by atoms with E-state index in [0.717, 1.165) is 43.8 Å². The van der Waals surface area contributed by atoms with Gasteiger partial charge >= 0.3 is 0 Å². The molecule has 4 bridgehead atoms. The molecule has 1 aliphatic carbocycles. The lowest BCUT2D eigenvalue weighted by Gasteiger charge is -2.56. The molecule has 7 rings (SSSR count). The van der Waals surface area contributed by atoms with Crippen LogP contribution in [-0.2, 0) is 24.3 Å². The number of likely N-dealkylation sites (tertiary alicyclic amines) is 1. The third-order valence-electron chi connectivity index (χ3n) is 8.93. The van der Waals surface area contributed by atoms with Gasteiger partial charge in [-0.1, -0.05) is 72.8 Å². The molecule has 39 heavy (non-hydrogen) atoms. The minimum Gasteiger partial charge on any atom is -0.488 e. The second-order valence-corrected chi connectivity index (χ2v) is 12.7. The minimum absolute atomic E-state index is 0.150. The normalized spacial score (nSPS) is 27.9. The van der Waals surface area contributed by atoms with Crippen LogP contribution in [0.5, 0.6) is 5.75 Å². The summed E-state index contributed by atoms with van der Waals surface area (Å²) in [5.74, 6) is 2.38. The lowest BCUT2D eigenvalue weighted by atomic mass is 9.58. The van der Waals surface area contributed by atoms with Crippen LogP contribution in [0.3, 0.4) is 0 Å². The van der Waals surface area contributed by atoms with E-state index in [1.54, 1.807) is 0 Å². The second kappa shape index (κ2) is 10.4. The molecule has 4 fully saturated rings. The monoisotopic (exact) mass is 523 g/mol. The van der Waals surface area contributed by atoms with Crippen molar-refractivity contribution >= 4 is 5.91 Å². The van der Waals surface area contributed by atoms with Gasteiger partial charge in [-0.05, 0) is 80.8 Å². The first-order valence-electron chi connectivity index (χ1n) is 14.4. The molecule has 3 heterocycles. The Morgan fingerprint density at radius 3 is 2.28 bits per heavy atom. The number of carbonyl (C=O) groups excluding carboxylic acids is 1. The average Bonchev–Trinajstić information content (AvgIpc) is 3.19. The quantitative estimate of drug-likeness (QED) is 0.426. The molecule has 5 atom stereocenters. The van der Waals surface area contributed by atoms with Crippen LogP contribution in [0.4, 0.5) is 0 Å². The van der Waals surface area contributed by atoms with Gasteiger partial charge in [0.05, 0.1) is 0 Å². The largest absolute Gasteiger partial charge is 0.488 e. The van der Waals surface area contributed by atoms with Gasteiger partial charge in [0, 0.05) is 31.6 Å². The van der Waals surface area contributed by atoms with Crippen molar-refractivity contribution < 1.29 is 9.53 Å². The van der Waals surface area contributed by atoms with Gasteiger partial charge in [-0.3, -0.25) is 9.69 Å². The van der Waals surface area contributed by atoms with Crippen LogP contribution in [0.15, 0.2) is 84.9 Å². The van der Waals surface area contributed by atoms with E-state index in [2.05, 4.69) is 103 Å². The van der Waals surface area contributed by atoms with Crippen LogP contribution >= 0.6 is 0 Å². The number of nitrogens with zero attached hydrogens (tertiary/aromatic N) is 1. The van der Waals surface area contributed by atoms with Gasteiger partial charge in [0.15, 0.2) is 0 Å². The molecule has 0 radical (unpaired) electrons. The highest BCUT2D eigenvalue weighted by Gasteiger charge is 2.67.